The molecule has 1 fully saturated rings. The van der Waals surface area contributed by atoms with E-state index < -0.39 is 0 Å². The second kappa shape index (κ2) is 15.9. The lowest BCUT2D eigenvalue weighted by molar-refractivity contribution is -0.0212. The van der Waals surface area contributed by atoms with Gasteiger partial charge in [0.05, 0.1) is 19.3 Å². The Morgan fingerprint density at radius 3 is 2.83 bits per heavy atom. The molecule has 0 aromatic heterocycles. The Kier molecular flexibility index (Phi) is 14.3. The molecule has 0 amide bonds. The molecule has 0 bridgehead atoms. The Morgan fingerprint density at radius 2 is 2.07 bits per heavy atom. The van der Waals surface area contributed by atoms with Gasteiger partial charge in [-0.15, -0.1) is 24.0 Å². The van der Waals surface area contributed by atoms with Crippen molar-refractivity contribution < 1.29 is 9.47 Å². The van der Waals surface area contributed by atoms with Crippen LogP contribution in [0.25, 0.3) is 0 Å². The Labute approximate surface area is 193 Å². The summed E-state index contributed by atoms with van der Waals surface area (Å²) >= 11 is 0. The van der Waals surface area contributed by atoms with Crippen molar-refractivity contribution in [3.63, 3.8) is 0 Å². The summed E-state index contributed by atoms with van der Waals surface area (Å²) in [5.74, 6) is 0.881. The molecule has 0 spiro atoms. The smallest absolute Gasteiger partial charge is 0.191 e. The molecule has 2 N–H and O–H groups in total. The lowest BCUT2D eigenvalue weighted by Gasteiger charge is -2.31. The summed E-state index contributed by atoms with van der Waals surface area (Å²) in [6.07, 6.45) is 2.48. The number of ether oxygens (including phenoxy) is 2. The summed E-state index contributed by atoms with van der Waals surface area (Å²) in [7, 11) is 0. The highest BCUT2D eigenvalue weighted by Crippen LogP contribution is 2.12. The van der Waals surface area contributed by atoms with E-state index in [2.05, 4.69) is 53.6 Å². The number of nitrogens with one attached hydrogen (secondary N) is 2. The van der Waals surface area contributed by atoms with E-state index in [1.54, 1.807) is 0 Å². The van der Waals surface area contributed by atoms with Gasteiger partial charge in [0, 0.05) is 45.9 Å². The van der Waals surface area contributed by atoms with Gasteiger partial charge in [0.1, 0.15) is 0 Å². The van der Waals surface area contributed by atoms with Gasteiger partial charge >= 0.3 is 0 Å². The number of hydrogen-bond donors (Lipinski definition) is 2. The molecule has 1 unspecified atom stereocenters. The first-order chi connectivity index (χ1) is 13.7. The fourth-order valence-electron chi connectivity index (χ4n) is 3.31. The minimum atomic E-state index is 0. The zero-order valence-electron chi connectivity index (χ0n) is 18.3. The maximum atomic E-state index is 5.64. The normalized spacial score (nSPS) is 17.6. The highest BCUT2D eigenvalue weighted by atomic mass is 127. The van der Waals surface area contributed by atoms with Crippen molar-refractivity contribution in [1.29, 1.82) is 0 Å². The molecular formula is C22H39IN4O2. The average molecular weight is 518 g/mol. The zero-order chi connectivity index (χ0) is 20.0. The molecule has 1 aromatic carbocycles. The van der Waals surface area contributed by atoms with E-state index in [1.165, 1.54) is 11.1 Å². The van der Waals surface area contributed by atoms with Gasteiger partial charge in [0.2, 0.25) is 0 Å². The summed E-state index contributed by atoms with van der Waals surface area (Å²) in [6.45, 7) is 14.2. The summed E-state index contributed by atoms with van der Waals surface area (Å²) in [5, 5.41) is 6.74. The first-order valence-corrected chi connectivity index (χ1v) is 10.7. The van der Waals surface area contributed by atoms with Crippen LogP contribution < -0.4 is 10.6 Å². The number of halogens is 1. The van der Waals surface area contributed by atoms with Crippen molar-refractivity contribution in [3.8, 4) is 0 Å². The quantitative estimate of drug-likeness (QED) is 0.204. The van der Waals surface area contributed by atoms with Crippen molar-refractivity contribution in [3.05, 3.63) is 35.4 Å². The third kappa shape index (κ3) is 11.2. The van der Waals surface area contributed by atoms with Crippen LogP contribution in [0.5, 0.6) is 0 Å². The molecule has 0 aliphatic carbocycles. The largest absolute Gasteiger partial charge is 0.382 e. The lowest BCUT2D eigenvalue weighted by atomic mass is 10.1. The highest BCUT2D eigenvalue weighted by Gasteiger charge is 2.16. The van der Waals surface area contributed by atoms with Crippen molar-refractivity contribution in [1.82, 2.24) is 15.5 Å². The molecule has 1 atom stereocenters. The van der Waals surface area contributed by atoms with Gasteiger partial charge in [-0.25, -0.2) is 4.99 Å². The Balaban J connectivity index is 0.00000420. The number of rotatable bonds is 11. The number of guanidine groups is 1. The highest BCUT2D eigenvalue weighted by molar-refractivity contribution is 14.0. The topological polar surface area (TPSA) is 58.1 Å². The summed E-state index contributed by atoms with van der Waals surface area (Å²) in [4.78, 5) is 7.21. The van der Waals surface area contributed by atoms with Gasteiger partial charge in [-0.3, -0.25) is 4.90 Å². The maximum absolute atomic E-state index is 5.64. The van der Waals surface area contributed by atoms with Crippen molar-refractivity contribution >= 4 is 29.9 Å². The van der Waals surface area contributed by atoms with Crippen LogP contribution in [0.2, 0.25) is 0 Å². The van der Waals surface area contributed by atoms with Crippen molar-refractivity contribution in [2.24, 2.45) is 4.99 Å². The molecule has 1 heterocycles. The van der Waals surface area contributed by atoms with Gasteiger partial charge in [-0.1, -0.05) is 24.3 Å². The van der Waals surface area contributed by atoms with Gasteiger partial charge in [0.25, 0.3) is 0 Å². The maximum Gasteiger partial charge on any atom is 0.191 e. The minimum absolute atomic E-state index is 0. The fraction of sp³-hybridized carbons (Fsp3) is 0.682. The first kappa shape index (κ1) is 26.1. The van der Waals surface area contributed by atoms with E-state index in [1.807, 2.05) is 6.92 Å². The SMILES string of the molecule is CCNC(=NCc1cccc(CN2CCOC(C)C2)c1)NCCCCOCC.I. The molecule has 1 saturated heterocycles. The first-order valence-electron chi connectivity index (χ1n) is 10.7. The third-order valence-corrected chi connectivity index (χ3v) is 4.70. The fourth-order valence-corrected chi connectivity index (χ4v) is 3.31. The summed E-state index contributed by atoms with van der Waals surface area (Å²) in [6, 6.07) is 8.77. The number of benzene rings is 1. The van der Waals surface area contributed by atoms with Crippen LogP contribution in [0.3, 0.4) is 0 Å². The van der Waals surface area contributed by atoms with Crippen LogP contribution in [-0.4, -0.2) is 63.0 Å². The van der Waals surface area contributed by atoms with Crippen LogP contribution >= 0.6 is 24.0 Å². The second-order valence-corrected chi connectivity index (χ2v) is 7.26. The molecule has 1 aliphatic heterocycles. The van der Waals surface area contributed by atoms with Gasteiger partial charge in [-0.05, 0) is 44.7 Å². The molecule has 2 rings (SSSR count). The number of aliphatic imine (C=N–C) groups is 1. The molecule has 0 radical (unpaired) electrons. The Hall–Kier alpha value is -0.900. The molecule has 6 nitrogen and oxygen atoms in total. The second-order valence-electron chi connectivity index (χ2n) is 7.26. The molecule has 29 heavy (non-hydrogen) atoms. The van der Waals surface area contributed by atoms with E-state index in [0.29, 0.717) is 12.6 Å². The predicted molar refractivity (Wildman–Crippen MR) is 131 cm³/mol. The van der Waals surface area contributed by atoms with Crippen LogP contribution in [0.1, 0.15) is 44.7 Å². The van der Waals surface area contributed by atoms with Crippen LogP contribution in [0.15, 0.2) is 29.3 Å². The zero-order valence-corrected chi connectivity index (χ0v) is 20.6. The average Bonchev–Trinajstić information content (AvgIpc) is 2.69. The minimum Gasteiger partial charge on any atom is -0.382 e. The number of nitrogens with zero attached hydrogens (tertiary/aromatic N) is 2. The summed E-state index contributed by atoms with van der Waals surface area (Å²) < 4.78 is 11.0. The van der Waals surface area contributed by atoms with E-state index >= 15 is 0 Å². The van der Waals surface area contributed by atoms with E-state index in [-0.39, 0.29) is 24.0 Å². The standard InChI is InChI=1S/C22H38N4O2.HI/c1-4-23-22(24-11-6-7-13-27-5-2)25-16-20-9-8-10-21(15-20)18-26-12-14-28-19(3)17-26;/h8-10,15,19H,4-7,11-14,16-18H2,1-3H3,(H2,23,24,25);1H. The predicted octanol–water partition coefficient (Wildman–Crippen LogP) is 3.40. The van der Waals surface area contributed by atoms with Crippen molar-refractivity contribution in [2.75, 3.05) is 46.0 Å². The molecule has 1 aromatic rings. The molecule has 1 aliphatic rings. The Bertz CT molecular complexity index is 586. The lowest BCUT2D eigenvalue weighted by Crippen LogP contribution is -2.40. The third-order valence-electron chi connectivity index (χ3n) is 4.70. The van der Waals surface area contributed by atoms with Crippen LogP contribution in [0, 0.1) is 0 Å². The van der Waals surface area contributed by atoms with Gasteiger partial charge < -0.3 is 20.1 Å². The van der Waals surface area contributed by atoms with E-state index in [4.69, 9.17) is 14.5 Å². The van der Waals surface area contributed by atoms with Crippen molar-refractivity contribution in [2.45, 2.75) is 52.8 Å². The monoisotopic (exact) mass is 518 g/mol. The summed E-state index contributed by atoms with van der Waals surface area (Å²) in [5.41, 5.74) is 2.59. The van der Waals surface area contributed by atoms with Gasteiger partial charge in [-0.2, -0.15) is 0 Å². The van der Waals surface area contributed by atoms with Crippen LogP contribution in [0.4, 0.5) is 0 Å². The van der Waals surface area contributed by atoms with Crippen LogP contribution in [-0.2, 0) is 22.6 Å². The van der Waals surface area contributed by atoms with E-state index in [9.17, 15) is 0 Å². The number of unbranched alkanes of at least 4 members (excludes halogenated alkanes) is 1. The molecule has 7 heteroatoms. The van der Waals surface area contributed by atoms with E-state index in [0.717, 1.165) is 71.3 Å². The van der Waals surface area contributed by atoms with Gasteiger partial charge in [0.15, 0.2) is 5.96 Å². The Morgan fingerprint density at radius 1 is 1.24 bits per heavy atom. The molecular weight excluding hydrogens is 479 g/mol. The number of hydrogen-bond acceptors (Lipinski definition) is 4. The number of morpholine rings is 1. The molecule has 166 valence electrons. The molecule has 0 saturated carbocycles.